The fraction of sp³-hybridized carbons (Fsp3) is 0.571. The Morgan fingerprint density at radius 2 is 2.25 bits per heavy atom. The van der Waals surface area contributed by atoms with E-state index in [9.17, 15) is 8.78 Å². The first-order valence-electron chi connectivity index (χ1n) is 3.65. The minimum absolute atomic E-state index is 0.373. The van der Waals surface area contributed by atoms with Crippen LogP contribution in [-0.2, 0) is 5.54 Å². The van der Waals surface area contributed by atoms with Crippen molar-refractivity contribution < 1.29 is 13.2 Å². The fourth-order valence-electron chi connectivity index (χ4n) is 1.000. The number of halogens is 2. The first kappa shape index (κ1) is 7.67. The number of rotatable bonds is 2. The highest BCUT2D eigenvalue weighted by Gasteiger charge is 2.43. The molecular formula is C7H8F2N2O. The Morgan fingerprint density at radius 1 is 1.58 bits per heavy atom. The molecule has 2 N–H and O–H groups in total. The van der Waals surface area contributed by atoms with Crippen molar-refractivity contribution in [2.75, 3.05) is 0 Å². The third kappa shape index (κ3) is 1.10. The Labute approximate surface area is 67.6 Å². The number of oxazole rings is 1. The van der Waals surface area contributed by atoms with Crippen LogP contribution in [0.15, 0.2) is 10.6 Å². The third-order valence-electron chi connectivity index (χ3n) is 1.99. The van der Waals surface area contributed by atoms with Crippen LogP contribution in [0.4, 0.5) is 8.78 Å². The van der Waals surface area contributed by atoms with Crippen LogP contribution in [0.1, 0.15) is 30.9 Å². The number of nitrogens with two attached hydrogens (primary N) is 1. The van der Waals surface area contributed by atoms with Crippen LogP contribution in [0.25, 0.3) is 0 Å². The van der Waals surface area contributed by atoms with Crippen molar-refractivity contribution in [3.63, 3.8) is 0 Å². The van der Waals surface area contributed by atoms with Crippen LogP contribution in [0, 0.1) is 0 Å². The van der Waals surface area contributed by atoms with Crippen molar-refractivity contribution >= 4 is 0 Å². The summed E-state index contributed by atoms with van der Waals surface area (Å²) in [5.74, 6) is -0.167. The van der Waals surface area contributed by atoms with Crippen molar-refractivity contribution in [3.8, 4) is 0 Å². The molecule has 0 spiro atoms. The molecule has 1 fully saturated rings. The standard InChI is InChI=1S/C7H8F2N2O/c8-5(9)6-11-3-4(12-6)7(10)1-2-7/h3,5H,1-2,10H2. The zero-order valence-corrected chi connectivity index (χ0v) is 6.26. The van der Waals surface area contributed by atoms with E-state index in [-0.39, 0.29) is 0 Å². The first-order valence-corrected chi connectivity index (χ1v) is 3.65. The molecule has 3 nitrogen and oxygen atoms in total. The molecule has 0 radical (unpaired) electrons. The van der Waals surface area contributed by atoms with Gasteiger partial charge in [-0.1, -0.05) is 0 Å². The molecule has 1 aliphatic carbocycles. The van der Waals surface area contributed by atoms with Gasteiger partial charge in [0.25, 0.3) is 5.89 Å². The van der Waals surface area contributed by atoms with E-state index in [1.807, 2.05) is 0 Å². The first-order chi connectivity index (χ1) is 5.62. The monoisotopic (exact) mass is 174 g/mol. The maximum atomic E-state index is 12.0. The summed E-state index contributed by atoms with van der Waals surface area (Å²) < 4.78 is 28.8. The summed E-state index contributed by atoms with van der Waals surface area (Å²) in [6.07, 6.45) is 0.200. The second-order valence-corrected chi connectivity index (χ2v) is 3.02. The SMILES string of the molecule is NC1(c2cnc(C(F)F)o2)CC1. The van der Waals surface area contributed by atoms with Gasteiger partial charge < -0.3 is 10.2 Å². The summed E-state index contributed by atoms with van der Waals surface area (Å²) in [5.41, 5.74) is 5.19. The third-order valence-corrected chi connectivity index (χ3v) is 1.99. The Kier molecular flexibility index (Phi) is 1.44. The highest BCUT2D eigenvalue weighted by atomic mass is 19.3. The number of alkyl halides is 2. The van der Waals surface area contributed by atoms with Gasteiger partial charge in [-0.25, -0.2) is 4.98 Å². The summed E-state index contributed by atoms with van der Waals surface area (Å²) in [4.78, 5) is 3.43. The molecule has 66 valence electrons. The molecule has 0 bridgehead atoms. The maximum Gasteiger partial charge on any atom is 0.313 e. The number of hydrogen-bond donors (Lipinski definition) is 1. The molecule has 0 unspecified atom stereocenters. The summed E-state index contributed by atoms with van der Waals surface area (Å²) in [7, 11) is 0. The maximum absolute atomic E-state index is 12.0. The smallest absolute Gasteiger partial charge is 0.313 e. The summed E-state index contributed by atoms with van der Waals surface area (Å²) in [6, 6.07) is 0. The van der Waals surface area contributed by atoms with Crippen molar-refractivity contribution in [2.24, 2.45) is 5.73 Å². The summed E-state index contributed by atoms with van der Waals surface area (Å²) in [5, 5.41) is 0. The molecule has 1 saturated carbocycles. The Bertz CT molecular complexity index is 293. The number of nitrogens with zero attached hydrogens (tertiary/aromatic N) is 1. The van der Waals surface area contributed by atoms with Gasteiger partial charge >= 0.3 is 6.43 Å². The highest BCUT2D eigenvalue weighted by Crippen LogP contribution is 2.43. The molecule has 1 aromatic heterocycles. The molecule has 0 aromatic carbocycles. The lowest BCUT2D eigenvalue weighted by Crippen LogP contribution is -2.17. The van der Waals surface area contributed by atoms with Gasteiger partial charge in [-0.15, -0.1) is 0 Å². The van der Waals surface area contributed by atoms with Gasteiger partial charge in [-0.3, -0.25) is 0 Å². The molecule has 1 aliphatic rings. The second kappa shape index (κ2) is 2.26. The highest BCUT2D eigenvalue weighted by molar-refractivity contribution is 5.17. The van der Waals surface area contributed by atoms with E-state index < -0.39 is 17.9 Å². The largest absolute Gasteiger partial charge is 0.438 e. The van der Waals surface area contributed by atoms with E-state index >= 15 is 0 Å². The molecule has 0 atom stereocenters. The van der Waals surface area contributed by atoms with Gasteiger partial charge in [0, 0.05) is 0 Å². The minimum atomic E-state index is -2.65. The molecule has 12 heavy (non-hydrogen) atoms. The Balaban J connectivity index is 2.25. The quantitative estimate of drug-likeness (QED) is 0.740. The number of aromatic nitrogens is 1. The minimum Gasteiger partial charge on any atom is -0.438 e. The lowest BCUT2D eigenvalue weighted by molar-refractivity contribution is 0.112. The second-order valence-electron chi connectivity index (χ2n) is 3.02. The topological polar surface area (TPSA) is 52.0 Å². The van der Waals surface area contributed by atoms with Gasteiger partial charge in [0.1, 0.15) is 5.76 Å². The van der Waals surface area contributed by atoms with Crippen molar-refractivity contribution in [1.29, 1.82) is 0 Å². The normalized spacial score (nSPS) is 20.0. The number of hydrogen-bond acceptors (Lipinski definition) is 3. The van der Waals surface area contributed by atoms with Crippen LogP contribution in [0.3, 0.4) is 0 Å². The molecule has 1 aromatic rings. The predicted octanol–water partition coefficient (Wildman–Crippen LogP) is 1.56. The summed E-state index contributed by atoms with van der Waals surface area (Å²) >= 11 is 0. The zero-order chi connectivity index (χ0) is 8.77. The van der Waals surface area contributed by atoms with Crippen LogP contribution in [0.2, 0.25) is 0 Å². The van der Waals surface area contributed by atoms with Crippen molar-refractivity contribution in [3.05, 3.63) is 17.8 Å². The predicted molar refractivity (Wildman–Crippen MR) is 36.6 cm³/mol. The van der Waals surface area contributed by atoms with Crippen LogP contribution in [-0.4, -0.2) is 4.98 Å². The van der Waals surface area contributed by atoms with Crippen molar-refractivity contribution in [1.82, 2.24) is 4.98 Å². The molecule has 5 heteroatoms. The lowest BCUT2D eigenvalue weighted by atomic mass is 10.2. The van der Waals surface area contributed by atoms with Gasteiger partial charge in [-0.2, -0.15) is 8.78 Å². The summed E-state index contributed by atoms with van der Waals surface area (Å²) in [6.45, 7) is 0. The van der Waals surface area contributed by atoms with Gasteiger partial charge in [0.15, 0.2) is 0 Å². The van der Waals surface area contributed by atoms with Crippen molar-refractivity contribution in [2.45, 2.75) is 24.8 Å². The Hall–Kier alpha value is -0.970. The molecular weight excluding hydrogens is 166 g/mol. The van der Waals surface area contributed by atoms with Gasteiger partial charge in [-0.05, 0) is 12.8 Å². The van der Waals surface area contributed by atoms with E-state index in [1.165, 1.54) is 6.20 Å². The molecule has 0 aliphatic heterocycles. The van der Waals surface area contributed by atoms with E-state index in [2.05, 4.69) is 4.98 Å². The van der Waals surface area contributed by atoms with E-state index in [0.29, 0.717) is 5.76 Å². The Morgan fingerprint density at radius 3 is 2.67 bits per heavy atom. The molecule has 0 amide bonds. The lowest BCUT2D eigenvalue weighted by Gasteiger charge is -2.00. The average molecular weight is 174 g/mol. The van der Waals surface area contributed by atoms with Crippen LogP contribution >= 0.6 is 0 Å². The van der Waals surface area contributed by atoms with Crippen LogP contribution < -0.4 is 5.73 Å². The van der Waals surface area contributed by atoms with Gasteiger partial charge in [0.05, 0.1) is 11.7 Å². The average Bonchev–Trinajstić information content (AvgIpc) is 2.61. The van der Waals surface area contributed by atoms with E-state index in [1.54, 1.807) is 0 Å². The molecule has 1 heterocycles. The zero-order valence-electron chi connectivity index (χ0n) is 6.26. The van der Waals surface area contributed by atoms with Gasteiger partial charge in [0.2, 0.25) is 0 Å². The van der Waals surface area contributed by atoms with E-state index in [0.717, 1.165) is 12.8 Å². The molecule has 0 saturated heterocycles. The molecule has 2 rings (SSSR count). The van der Waals surface area contributed by atoms with E-state index in [4.69, 9.17) is 10.2 Å². The van der Waals surface area contributed by atoms with Crippen LogP contribution in [0.5, 0.6) is 0 Å². The fourth-order valence-corrected chi connectivity index (χ4v) is 1.000.